The number of nitrogens with two attached hydrogens (primary N) is 1. The Labute approximate surface area is 160 Å². The van der Waals surface area contributed by atoms with E-state index < -0.39 is 11.6 Å². The lowest BCUT2D eigenvalue weighted by Gasteiger charge is -2.47. The van der Waals surface area contributed by atoms with Gasteiger partial charge in [0.25, 0.3) is 0 Å². The Balaban J connectivity index is 1.96. The van der Waals surface area contributed by atoms with E-state index in [9.17, 15) is 14.7 Å². The van der Waals surface area contributed by atoms with E-state index in [1.807, 2.05) is 45.0 Å². The van der Waals surface area contributed by atoms with Crippen LogP contribution >= 0.6 is 0 Å². The number of carbonyl (C=O) groups is 2. The molecule has 4 N–H and O–H groups in total. The van der Waals surface area contributed by atoms with Gasteiger partial charge in [0.05, 0.1) is 12.6 Å². The molecule has 0 bridgehead atoms. The van der Waals surface area contributed by atoms with Crippen LogP contribution in [0.1, 0.15) is 39.2 Å². The Morgan fingerprint density at radius 3 is 2.48 bits per heavy atom. The molecule has 2 atom stereocenters. The van der Waals surface area contributed by atoms with Crippen molar-refractivity contribution in [1.29, 1.82) is 0 Å². The van der Waals surface area contributed by atoms with Gasteiger partial charge < -0.3 is 25.8 Å². The Bertz CT molecular complexity index is 669. The summed E-state index contributed by atoms with van der Waals surface area (Å²) in [5, 5.41) is 12.4. The molecule has 1 aromatic carbocycles. The van der Waals surface area contributed by atoms with Crippen LogP contribution in [-0.4, -0.2) is 53.8 Å². The minimum atomic E-state index is -1.05. The van der Waals surface area contributed by atoms with Crippen LogP contribution in [0.3, 0.4) is 0 Å². The van der Waals surface area contributed by atoms with Gasteiger partial charge in [0.1, 0.15) is 5.75 Å². The minimum absolute atomic E-state index is 0.213. The third kappa shape index (κ3) is 5.13. The summed E-state index contributed by atoms with van der Waals surface area (Å²) in [5.74, 6) is 0.581. The van der Waals surface area contributed by atoms with Gasteiger partial charge in [-0.3, -0.25) is 4.79 Å². The zero-order chi connectivity index (χ0) is 20.2. The molecule has 1 aliphatic heterocycles. The molecule has 27 heavy (non-hydrogen) atoms. The number of piperidine rings is 1. The highest BCUT2D eigenvalue weighted by molar-refractivity contribution is 5.86. The molecule has 0 spiro atoms. The standard InChI is InChI=1S/C20H31N3O4/c1-19(2,3)16-13-20(21,10-12-23(16)18(25)26)17(24)22-11-9-14-5-7-15(27-4)8-6-14/h5-8,16H,9-13,21H2,1-4H3,(H,22,24)(H,25,26). The van der Waals surface area contributed by atoms with Crippen LogP contribution < -0.4 is 15.8 Å². The number of hydrogen-bond donors (Lipinski definition) is 3. The van der Waals surface area contributed by atoms with Gasteiger partial charge in [-0.05, 0) is 42.4 Å². The first-order valence-corrected chi connectivity index (χ1v) is 9.26. The minimum Gasteiger partial charge on any atom is -0.497 e. The van der Waals surface area contributed by atoms with E-state index in [1.165, 1.54) is 4.90 Å². The van der Waals surface area contributed by atoms with Crippen molar-refractivity contribution in [3.63, 3.8) is 0 Å². The molecule has 1 fully saturated rings. The van der Waals surface area contributed by atoms with Crippen molar-refractivity contribution in [3.05, 3.63) is 29.8 Å². The third-order valence-corrected chi connectivity index (χ3v) is 5.29. The number of ether oxygens (including phenoxy) is 1. The largest absolute Gasteiger partial charge is 0.497 e. The Hall–Kier alpha value is -2.28. The van der Waals surface area contributed by atoms with Crippen LogP contribution in [0.4, 0.5) is 4.79 Å². The highest BCUT2D eigenvalue weighted by Crippen LogP contribution is 2.35. The third-order valence-electron chi connectivity index (χ3n) is 5.29. The van der Waals surface area contributed by atoms with Crippen molar-refractivity contribution >= 4 is 12.0 Å². The van der Waals surface area contributed by atoms with Crippen molar-refractivity contribution < 1.29 is 19.4 Å². The van der Waals surface area contributed by atoms with E-state index in [4.69, 9.17) is 10.5 Å². The summed E-state index contributed by atoms with van der Waals surface area (Å²) in [7, 11) is 1.62. The van der Waals surface area contributed by atoms with Crippen molar-refractivity contribution in [3.8, 4) is 5.75 Å². The molecule has 7 heteroatoms. The molecule has 1 aromatic rings. The van der Waals surface area contributed by atoms with E-state index in [0.717, 1.165) is 11.3 Å². The van der Waals surface area contributed by atoms with E-state index in [-0.39, 0.29) is 23.9 Å². The van der Waals surface area contributed by atoms with Crippen molar-refractivity contribution in [2.45, 2.75) is 51.6 Å². The Morgan fingerprint density at radius 2 is 1.96 bits per heavy atom. The zero-order valence-corrected chi connectivity index (χ0v) is 16.6. The lowest BCUT2D eigenvalue weighted by Crippen LogP contribution is -2.65. The number of likely N-dealkylation sites (tertiary alicyclic amines) is 1. The van der Waals surface area contributed by atoms with E-state index in [0.29, 0.717) is 25.8 Å². The van der Waals surface area contributed by atoms with Crippen LogP contribution in [0.5, 0.6) is 5.75 Å². The summed E-state index contributed by atoms with van der Waals surface area (Å²) < 4.78 is 5.14. The second-order valence-corrected chi connectivity index (χ2v) is 8.32. The van der Waals surface area contributed by atoms with Gasteiger partial charge >= 0.3 is 6.09 Å². The molecule has 0 saturated carbocycles. The van der Waals surface area contributed by atoms with Crippen LogP contribution in [0, 0.1) is 5.41 Å². The van der Waals surface area contributed by atoms with Gasteiger partial charge in [0.2, 0.25) is 5.91 Å². The zero-order valence-electron chi connectivity index (χ0n) is 16.6. The second-order valence-electron chi connectivity index (χ2n) is 8.32. The lowest BCUT2D eigenvalue weighted by atomic mass is 9.73. The van der Waals surface area contributed by atoms with E-state index in [1.54, 1.807) is 7.11 Å². The highest BCUT2D eigenvalue weighted by Gasteiger charge is 2.47. The van der Waals surface area contributed by atoms with Gasteiger partial charge in [0, 0.05) is 19.1 Å². The molecule has 1 saturated heterocycles. The molecular formula is C20H31N3O4. The molecule has 2 rings (SSSR count). The molecule has 150 valence electrons. The summed E-state index contributed by atoms with van der Waals surface area (Å²) in [6, 6.07) is 7.39. The first-order valence-electron chi connectivity index (χ1n) is 9.26. The number of benzene rings is 1. The molecule has 0 aliphatic carbocycles. The average Bonchev–Trinajstić information content (AvgIpc) is 2.61. The fourth-order valence-electron chi connectivity index (χ4n) is 3.53. The monoisotopic (exact) mass is 377 g/mol. The maximum absolute atomic E-state index is 12.7. The van der Waals surface area contributed by atoms with Gasteiger partial charge in [-0.2, -0.15) is 0 Å². The lowest BCUT2D eigenvalue weighted by molar-refractivity contribution is -0.129. The number of rotatable bonds is 5. The van der Waals surface area contributed by atoms with Crippen molar-refractivity contribution in [1.82, 2.24) is 10.2 Å². The number of carboxylic acid groups (broad SMARTS) is 1. The summed E-state index contributed by atoms with van der Waals surface area (Å²) in [6.45, 7) is 6.66. The number of hydrogen-bond acceptors (Lipinski definition) is 4. The second kappa shape index (κ2) is 8.17. The summed E-state index contributed by atoms with van der Waals surface area (Å²) >= 11 is 0. The molecule has 2 unspecified atom stereocenters. The molecule has 0 radical (unpaired) electrons. The Morgan fingerprint density at radius 1 is 1.33 bits per heavy atom. The summed E-state index contributed by atoms with van der Waals surface area (Å²) in [5.41, 5.74) is 6.16. The smallest absolute Gasteiger partial charge is 0.407 e. The van der Waals surface area contributed by atoms with E-state index in [2.05, 4.69) is 5.32 Å². The molecular weight excluding hydrogens is 346 g/mol. The van der Waals surface area contributed by atoms with Gasteiger partial charge in [-0.25, -0.2) is 4.79 Å². The maximum atomic E-state index is 12.7. The predicted octanol–water partition coefficient (Wildman–Crippen LogP) is 2.24. The number of methoxy groups -OCH3 is 1. The van der Waals surface area contributed by atoms with Crippen molar-refractivity contribution in [2.24, 2.45) is 11.1 Å². The van der Waals surface area contributed by atoms with Gasteiger partial charge in [-0.1, -0.05) is 32.9 Å². The molecule has 7 nitrogen and oxygen atoms in total. The summed E-state index contributed by atoms with van der Waals surface area (Å²) in [4.78, 5) is 25.7. The van der Waals surface area contributed by atoms with Gasteiger partial charge in [0.15, 0.2) is 0 Å². The fourth-order valence-corrected chi connectivity index (χ4v) is 3.53. The van der Waals surface area contributed by atoms with Crippen LogP contribution in [0.25, 0.3) is 0 Å². The number of nitrogens with zero attached hydrogens (tertiary/aromatic N) is 1. The Kier molecular flexibility index (Phi) is 6.36. The maximum Gasteiger partial charge on any atom is 0.407 e. The first-order chi connectivity index (χ1) is 12.6. The number of amides is 2. The van der Waals surface area contributed by atoms with E-state index >= 15 is 0 Å². The first kappa shape index (κ1) is 21.0. The SMILES string of the molecule is COc1ccc(CCNC(=O)C2(N)CCN(C(=O)O)C(C(C)(C)C)C2)cc1. The van der Waals surface area contributed by atoms with Crippen LogP contribution in [0.15, 0.2) is 24.3 Å². The van der Waals surface area contributed by atoms with Crippen molar-refractivity contribution in [2.75, 3.05) is 20.2 Å². The highest BCUT2D eigenvalue weighted by atomic mass is 16.5. The van der Waals surface area contributed by atoms with Crippen LogP contribution in [0.2, 0.25) is 0 Å². The average molecular weight is 377 g/mol. The quantitative estimate of drug-likeness (QED) is 0.730. The topological polar surface area (TPSA) is 105 Å². The fraction of sp³-hybridized carbons (Fsp3) is 0.600. The molecule has 1 aliphatic rings. The molecule has 0 aromatic heterocycles. The molecule has 2 amide bonds. The predicted molar refractivity (Wildman–Crippen MR) is 104 cm³/mol. The number of carbonyl (C=O) groups excluding carboxylic acids is 1. The van der Waals surface area contributed by atoms with Crippen LogP contribution in [-0.2, 0) is 11.2 Å². The summed E-state index contributed by atoms with van der Waals surface area (Å²) in [6.07, 6.45) is 0.365. The molecule has 1 heterocycles. The van der Waals surface area contributed by atoms with Gasteiger partial charge in [-0.15, -0.1) is 0 Å². The number of nitrogens with one attached hydrogen (secondary N) is 1. The normalized spacial score (nSPS) is 23.0.